The number of nitrogens with zero attached hydrogens (tertiary/aromatic N) is 1. The van der Waals surface area contributed by atoms with Gasteiger partial charge < -0.3 is 14.7 Å². The minimum atomic E-state index is -1.02. The predicted octanol–water partition coefficient (Wildman–Crippen LogP) is 3.02. The molecule has 2 rings (SSSR count). The Morgan fingerprint density at radius 2 is 2.22 bits per heavy atom. The van der Waals surface area contributed by atoms with Crippen LogP contribution >= 0.6 is 23.4 Å². The molecule has 0 aliphatic carbocycles. The summed E-state index contributed by atoms with van der Waals surface area (Å²) in [4.78, 5) is 26.8. The number of carboxylic acid groups (broad SMARTS) is 1. The molecule has 23 heavy (non-hydrogen) atoms. The van der Waals surface area contributed by atoms with E-state index >= 15 is 0 Å². The lowest BCUT2D eigenvalue weighted by atomic mass is 9.88. The van der Waals surface area contributed by atoms with Gasteiger partial charge in [0.15, 0.2) is 0 Å². The highest BCUT2D eigenvalue weighted by Gasteiger charge is 2.46. The summed E-state index contributed by atoms with van der Waals surface area (Å²) in [6.45, 7) is 2.67. The molecule has 1 aromatic rings. The van der Waals surface area contributed by atoms with Crippen molar-refractivity contribution in [1.82, 2.24) is 4.90 Å². The van der Waals surface area contributed by atoms with Gasteiger partial charge in [-0.2, -0.15) is 0 Å². The van der Waals surface area contributed by atoms with Gasteiger partial charge in [0.25, 0.3) is 5.91 Å². The first-order valence-electron chi connectivity index (χ1n) is 7.37. The molecule has 1 fully saturated rings. The third-order valence-electron chi connectivity index (χ3n) is 3.99. The van der Waals surface area contributed by atoms with Crippen LogP contribution in [0.2, 0.25) is 5.02 Å². The molecule has 0 saturated carbocycles. The molecule has 1 unspecified atom stereocenters. The Bertz CT molecular complexity index is 610. The summed E-state index contributed by atoms with van der Waals surface area (Å²) in [6, 6.07) is 5.17. The number of likely N-dealkylation sites (tertiary alicyclic amines) is 1. The van der Waals surface area contributed by atoms with E-state index in [-0.39, 0.29) is 19.1 Å². The molecule has 126 valence electrons. The van der Waals surface area contributed by atoms with Crippen LogP contribution in [0.5, 0.6) is 0 Å². The van der Waals surface area contributed by atoms with Gasteiger partial charge in [-0.15, -0.1) is 11.8 Å². The molecule has 0 radical (unpaired) electrons. The third-order valence-corrected chi connectivity index (χ3v) is 5.16. The molecule has 1 aliphatic rings. The summed E-state index contributed by atoms with van der Waals surface area (Å²) < 4.78 is 5.06. The van der Waals surface area contributed by atoms with Crippen molar-refractivity contribution in [3.05, 3.63) is 28.8 Å². The lowest BCUT2D eigenvalue weighted by Crippen LogP contribution is -2.40. The SMILES string of the molecule is CCSc1cc(Cl)ccc1C(=O)N1CCC(COC)(C(=O)O)C1. The second kappa shape index (κ2) is 7.55. The standard InChI is InChI=1S/C16H20ClNO4S/c1-3-23-13-8-11(17)4-5-12(13)14(19)18-7-6-16(9-18,10-22-2)15(20)21/h4-5,8H,3,6-7,9-10H2,1-2H3,(H,20,21). The summed E-state index contributed by atoms with van der Waals surface area (Å²) >= 11 is 7.56. The maximum absolute atomic E-state index is 12.8. The molecule has 1 saturated heterocycles. The largest absolute Gasteiger partial charge is 0.481 e. The van der Waals surface area contributed by atoms with Gasteiger partial charge in [0.1, 0.15) is 5.41 Å². The average Bonchev–Trinajstić information content (AvgIpc) is 2.93. The molecule has 7 heteroatoms. The first-order valence-corrected chi connectivity index (χ1v) is 8.74. The lowest BCUT2D eigenvalue weighted by Gasteiger charge is -2.24. The monoisotopic (exact) mass is 357 g/mol. The van der Waals surface area contributed by atoms with E-state index in [0.29, 0.717) is 23.6 Å². The van der Waals surface area contributed by atoms with Gasteiger partial charge in [-0.3, -0.25) is 9.59 Å². The second-order valence-electron chi connectivity index (χ2n) is 5.57. The number of ether oxygens (including phenoxy) is 1. The normalized spacial score (nSPS) is 20.7. The highest BCUT2D eigenvalue weighted by Crippen LogP contribution is 2.34. The molecule has 1 aromatic carbocycles. The summed E-state index contributed by atoms with van der Waals surface area (Å²) in [7, 11) is 1.48. The first kappa shape index (κ1) is 18.1. The Labute approximate surface area is 144 Å². The van der Waals surface area contributed by atoms with E-state index in [1.807, 2.05) is 6.92 Å². The Morgan fingerprint density at radius 1 is 1.48 bits per heavy atom. The molecular weight excluding hydrogens is 338 g/mol. The van der Waals surface area contributed by atoms with E-state index in [9.17, 15) is 14.7 Å². The molecule has 0 bridgehead atoms. The minimum absolute atomic E-state index is 0.100. The van der Waals surface area contributed by atoms with E-state index < -0.39 is 11.4 Å². The molecule has 1 heterocycles. The van der Waals surface area contributed by atoms with Crippen molar-refractivity contribution in [3.8, 4) is 0 Å². The first-order chi connectivity index (χ1) is 10.9. The highest BCUT2D eigenvalue weighted by molar-refractivity contribution is 7.99. The van der Waals surface area contributed by atoms with Crippen LogP contribution in [0.3, 0.4) is 0 Å². The summed E-state index contributed by atoms with van der Waals surface area (Å²) in [6.07, 6.45) is 0.395. The van der Waals surface area contributed by atoms with Crippen molar-refractivity contribution in [2.24, 2.45) is 5.41 Å². The van der Waals surface area contributed by atoms with Crippen molar-refractivity contribution < 1.29 is 19.4 Å². The van der Waals surface area contributed by atoms with Gasteiger partial charge in [0, 0.05) is 30.1 Å². The smallest absolute Gasteiger partial charge is 0.313 e. The zero-order valence-electron chi connectivity index (χ0n) is 13.2. The van der Waals surface area contributed by atoms with Gasteiger partial charge in [-0.1, -0.05) is 18.5 Å². The van der Waals surface area contributed by atoms with Crippen LogP contribution < -0.4 is 0 Å². The van der Waals surface area contributed by atoms with Crippen molar-refractivity contribution in [2.75, 3.05) is 32.6 Å². The summed E-state index contributed by atoms with van der Waals surface area (Å²) in [5, 5.41) is 10.1. The Morgan fingerprint density at radius 3 is 2.83 bits per heavy atom. The quantitative estimate of drug-likeness (QED) is 0.793. The molecule has 1 aliphatic heterocycles. The van der Waals surface area contributed by atoms with Gasteiger partial charge >= 0.3 is 5.97 Å². The summed E-state index contributed by atoms with van der Waals surface area (Å²) in [5.41, 5.74) is -0.450. The number of methoxy groups -OCH3 is 1. The number of carbonyl (C=O) groups excluding carboxylic acids is 1. The molecular formula is C16H20ClNO4S. The number of hydrogen-bond donors (Lipinski definition) is 1. The van der Waals surface area contributed by atoms with E-state index in [0.717, 1.165) is 10.6 Å². The molecule has 0 aromatic heterocycles. The second-order valence-corrected chi connectivity index (χ2v) is 7.31. The van der Waals surface area contributed by atoms with Crippen LogP contribution in [0.15, 0.2) is 23.1 Å². The fourth-order valence-electron chi connectivity index (χ4n) is 2.79. The predicted molar refractivity (Wildman–Crippen MR) is 90.3 cm³/mol. The van der Waals surface area contributed by atoms with Crippen LogP contribution in [-0.4, -0.2) is 54.4 Å². The van der Waals surface area contributed by atoms with Crippen molar-refractivity contribution in [2.45, 2.75) is 18.2 Å². The van der Waals surface area contributed by atoms with Gasteiger partial charge in [0.05, 0.1) is 12.2 Å². The van der Waals surface area contributed by atoms with Crippen LogP contribution in [-0.2, 0) is 9.53 Å². The van der Waals surface area contributed by atoms with Gasteiger partial charge in [-0.25, -0.2) is 0 Å². The zero-order chi connectivity index (χ0) is 17.0. The summed E-state index contributed by atoms with van der Waals surface area (Å²) in [5.74, 6) is -0.255. The lowest BCUT2D eigenvalue weighted by molar-refractivity contribution is -0.151. The topological polar surface area (TPSA) is 66.8 Å². The van der Waals surface area contributed by atoms with Gasteiger partial charge in [0.2, 0.25) is 0 Å². The number of halogens is 1. The highest BCUT2D eigenvalue weighted by atomic mass is 35.5. The van der Waals surface area contributed by atoms with E-state index in [1.54, 1.807) is 34.9 Å². The number of benzene rings is 1. The molecule has 5 nitrogen and oxygen atoms in total. The number of amides is 1. The van der Waals surface area contributed by atoms with Crippen LogP contribution in [0.4, 0.5) is 0 Å². The fourth-order valence-corrected chi connectivity index (χ4v) is 3.86. The molecule has 0 spiro atoms. The number of carbonyl (C=O) groups is 2. The van der Waals surface area contributed by atoms with E-state index in [4.69, 9.17) is 16.3 Å². The van der Waals surface area contributed by atoms with Crippen LogP contribution in [0.1, 0.15) is 23.7 Å². The number of aliphatic carboxylic acids is 1. The van der Waals surface area contributed by atoms with E-state index in [1.165, 1.54) is 7.11 Å². The van der Waals surface area contributed by atoms with Crippen LogP contribution in [0, 0.1) is 5.41 Å². The third kappa shape index (κ3) is 3.82. The van der Waals surface area contributed by atoms with Gasteiger partial charge in [-0.05, 0) is 30.4 Å². The molecule has 1 N–H and O–H groups in total. The zero-order valence-corrected chi connectivity index (χ0v) is 14.7. The number of rotatable bonds is 6. The van der Waals surface area contributed by atoms with E-state index in [2.05, 4.69) is 0 Å². The maximum atomic E-state index is 12.8. The number of carboxylic acids is 1. The number of thioether (sulfide) groups is 1. The Balaban J connectivity index is 2.24. The molecule has 1 atom stereocenters. The fraction of sp³-hybridized carbons (Fsp3) is 0.500. The maximum Gasteiger partial charge on any atom is 0.313 e. The minimum Gasteiger partial charge on any atom is -0.481 e. The number of hydrogen-bond acceptors (Lipinski definition) is 4. The van der Waals surface area contributed by atoms with Crippen molar-refractivity contribution >= 4 is 35.2 Å². The Kier molecular flexibility index (Phi) is 5.95. The van der Waals surface area contributed by atoms with Crippen molar-refractivity contribution in [1.29, 1.82) is 0 Å². The molecule has 1 amide bonds. The Hall–Kier alpha value is -1.24. The van der Waals surface area contributed by atoms with Crippen molar-refractivity contribution in [3.63, 3.8) is 0 Å². The average molecular weight is 358 g/mol. The van der Waals surface area contributed by atoms with Crippen LogP contribution in [0.25, 0.3) is 0 Å².